The van der Waals surface area contributed by atoms with E-state index in [2.05, 4.69) is 27.0 Å². The normalized spacial score (nSPS) is 18.6. The molecule has 8 heteroatoms. The van der Waals surface area contributed by atoms with Crippen LogP contribution in [-0.4, -0.2) is 33.5 Å². The Bertz CT molecular complexity index is 985. The summed E-state index contributed by atoms with van der Waals surface area (Å²) >= 11 is 1.43. The molecule has 1 aliphatic rings. The first-order valence-corrected chi connectivity index (χ1v) is 11.7. The van der Waals surface area contributed by atoms with Crippen molar-refractivity contribution in [1.82, 2.24) is 20.1 Å². The monoisotopic (exact) mass is 440 g/mol. The van der Waals surface area contributed by atoms with Crippen molar-refractivity contribution in [2.75, 3.05) is 12.9 Å². The van der Waals surface area contributed by atoms with Crippen molar-refractivity contribution >= 4 is 17.7 Å². The molecule has 0 saturated heterocycles. The minimum absolute atomic E-state index is 0.0568. The smallest absolute Gasteiger partial charge is 0.230 e. The molecule has 0 radical (unpaired) electrons. The fourth-order valence-corrected chi connectivity index (χ4v) is 4.89. The van der Waals surface area contributed by atoms with Gasteiger partial charge in [-0.15, -0.1) is 10.2 Å². The van der Waals surface area contributed by atoms with E-state index in [4.69, 9.17) is 9.15 Å². The number of nitrogens with one attached hydrogen (secondary N) is 1. The van der Waals surface area contributed by atoms with Crippen molar-refractivity contribution in [3.8, 4) is 17.1 Å². The summed E-state index contributed by atoms with van der Waals surface area (Å²) in [6.07, 6.45) is 6.35. The van der Waals surface area contributed by atoms with E-state index in [-0.39, 0.29) is 11.7 Å². The van der Waals surface area contributed by atoms with Crippen molar-refractivity contribution in [2.45, 2.75) is 50.4 Å². The summed E-state index contributed by atoms with van der Waals surface area (Å²) in [5, 5.41) is 12.7. The maximum absolute atomic E-state index is 12.4. The van der Waals surface area contributed by atoms with E-state index in [9.17, 15) is 4.79 Å². The molecule has 3 aromatic rings. The molecule has 0 spiro atoms. The molecule has 164 valence electrons. The number of aromatic nitrogens is 3. The Labute approximate surface area is 186 Å². The molecule has 4 rings (SSSR count). The highest BCUT2D eigenvalue weighted by Gasteiger charge is 2.29. The van der Waals surface area contributed by atoms with Crippen LogP contribution in [0.5, 0.6) is 5.75 Å². The van der Waals surface area contributed by atoms with E-state index >= 15 is 0 Å². The maximum Gasteiger partial charge on any atom is 0.230 e. The summed E-state index contributed by atoms with van der Waals surface area (Å²) in [5.41, 5.74) is 1.00. The number of furan rings is 1. The topological polar surface area (TPSA) is 82.2 Å². The number of ether oxygens (including phenoxy) is 1. The summed E-state index contributed by atoms with van der Waals surface area (Å²) in [6, 6.07) is 11.9. The van der Waals surface area contributed by atoms with Gasteiger partial charge in [-0.1, -0.05) is 31.5 Å². The van der Waals surface area contributed by atoms with Crippen molar-refractivity contribution in [3.63, 3.8) is 0 Å². The van der Waals surface area contributed by atoms with Crippen LogP contribution in [0.15, 0.2) is 52.2 Å². The molecule has 0 aliphatic heterocycles. The Morgan fingerprint density at radius 1 is 1.23 bits per heavy atom. The number of methoxy groups -OCH3 is 1. The van der Waals surface area contributed by atoms with Gasteiger partial charge in [0.1, 0.15) is 11.5 Å². The van der Waals surface area contributed by atoms with Crippen LogP contribution in [0.3, 0.4) is 0 Å². The molecule has 7 nitrogen and oxygen atoms in total. The number of amides is 1. The molecule has 1 amide bonds. The zero-order valence-electron chi connectivity index (χ0n) is 17.9. The molecule has 1 fully saturated rings. The van der Waals surface area contributed by atoms with Crippen LogP contribution in [0.4, 0.5) is 0 Å². The van der Waals surface area contributed by atoms with E-state index in [0.717, 1.165) is 34.5 Å². The Balaban J connectivity index is 1.53. The molecule has 31 heavy (non-hydrogen) atoms. The van der Waals surface area contributed by atoms with Gasteiger partial charge >= 0.3 is 0 Å². The highest BCUT2D eigenvalue weighted by Crippen LogP contribution is 2.39. The second-order valence-corrected chi connectivity index (χ2v) is 8.82. The number of carbonyl (C=O) groups excluding carboxylic acids is 1. The van der Waals surface area contributed by atoms with Crippen LogP contribution in [0.25, 0.3) is 11.4 Å². The summed E-state index contributed by atoms with van der Waals surface area (Å²) in [7, 11) is 1.66. The van der Waals surface area contributed by atoms with E-state index in [1.165, 1.54) is 31.0 Å². The largest absolute Gasteiger partial charge is 0.497 e. The summed E-state index contributed by atoms with van der Waals surface area (Å²) in [4.78, 5) is 12.4. The molecule has 1 saturated carbocycles. The predicted octanol–water partition coefficient (Wildman–Crippen LogP) is 4.71. The highest BCUT2D eigenvalue weighted by molar-refractivity contribution is 7.99. The third-order valence-corrected chi connectivity index (χ3v) is 6.73. The van der Waals surface area contributed by atoms with E-state index in [1.807, 2.05) is 36.4 Å². The minimum atomic E-state index is -0.0568. The van der Waals surface area contributed by atoms with Crippen LogP contribution < -0.4 is 10.1 Å². The highest BCUT2D eigenvalue weighted by atomic mass is 32.2. The Hall–Kier alpha value is -2.74. The minimum Gasteiger partial charge on any atom is -0.497 e. The summed E-state index contributed by atoms with van der Waals surface area (Å²) in [5.74, 6) is 3.15. The van der Waals surface area contributed by atoms with E-state index in [0.29, 0.717) is 18.5 Å². The molecule has 2 atom stereocenters. The molecule has 2 heterocycles. The second kappa shape index (κ2) is 10.0. The van der Waals surface area contributed by atoms with Crippen molar-refractivity contribution in [3.05, 3.63) is 48.4 Å². The average Bonchev–Trinajstić information content (AvgIpc) is 3.47. The van der Waals surface area contributed by atoms with Gasteiger partial charge in [0.15, 0.2) is 11.0 Å². The number of thioether (sulfide) groups is 1. The van der Waals surface area contributed by atoms with Crippen LogP contribution in [0, 0.1) is 5.92 Å². The Kier molecular flexibility index (Phi) is 6.96. The number of benzene rings is 1. The molecular weight excluding hydrogens is 412 g/mol. The van der Waals surface area contributed by atoms with Gasteiger partial charge in [0.05, 0.1) is 25.7 Å². The van der Waals surface area contributed by atoms with Gasteiger partial charge in [0, 0.05) is 11.6 Å². The molecular formula is C23H28N4O3S. The lowest BCUT2D eigenvalue weighted by Crippen LogP contribution is -2.25. The molecule has 1 aliphatic carbocycles. The lowest BCUT2D eigenvalue weighted by molar-refractivity contribution is -0.118. The van der Waals surface area contributed by atoms with Crippen molar-refractivity contribution in [1.29, 1.82) is 0 Å². The first-order valence-electron chi connectivity index (χ1n) is 10.7. The van der Waals surface area contributed by atoms with Crippen LogP contribution in [0.2, 0.25) is 0 Å². The first-order chi connectivity index (χ1) is 15.2. The van der Waals surface area contributed by atoms with Crippen LogP contribution >= 0.6 is 11.8 Å². The third-order valence-electron chi connectivity index (χ3n) is 5.78. The third kappa shape index (κ3) is 5.12. The lowest BCUT2D eigenvalue weighted by atomic mass is 9.85. The standard InChI is InChI=1S/C23H28N4O3S/c1-16-6-3-4-8-20(16)27-22(17-9-11-18(29-2)12-10-17)25-26-23(27)31-15-21(28)24-14-19-7-5-13-30-19/h5,7,9-13,16,20H,3-4,6,8,14-15H2,1-2H3,(H,24,28)/t16-,20-/m0/s1. The van der Waals surface area contributed by atoms with E-state index in [1.54, 1.807) is 13.4 Å². The maximum atomic E-state index is 12.4. The van der Waals surface area contributed by atoms with Gasteiger partial charge in [0.2, 0.25) is 5.91 Å². The second-order valence-electron chi connectivity index (χ2n) is 7.88. The SMILES string of the molecule is COc1ccc(-c2nnc(SCC(=O)NCc3ccco3)n2[C@H]2CCCC[C@@H]2C)cc1. The fourth-order valence-electron chi connectivity index (χ4n) is 4.07. The zero-order chi connectivity index (χ0) is 21.6. The van der Waals surface area contributed by atoms with Gasteiger partial charge in [-0.3, -0.25) is 9.36 Å². The van der Waals surface area contributed by atoms with Gasteiger partial charge in [-0.2, -0.15) is 0 Å². The van der Waals surface area contributed by atoms with Gasteiger partial charge in [0.25, 0.3) is 0 Å². The summed E-state index contributed by atoms with van der Waals surface area (Å²) < 4.78 is 12.8. The van der Waals surface area contributed by atoms with Gasteiger partial charge in [-0.05, 0) is 55.2 Å². The zero-order valence-corrected chi connectivity index (χ0v) is 18.7. The Morgan fingerprint density at radius 2 is 2.03 bits per heavy atom. The van der Waals surface area contributed by atoms with Crippen molar-refractivity contribution in [2.24, 2.45) is 5.92 Å². The lowest BCUT2D eigenvalue weighted by Gasteiger charge is -2.31. The number of nitrogens with zero attached hydrogens (tertiary/aromatic N) is 3. The van der Waals surface area contributed by atoms with Crippen LogP contribution in [-0.2, 0) is 11.3 Å². The molecule has 1 N–H and O–H groups in total. The van der Waals surface area contributed by atoms with Gasteiger partial charge in [-0.25, -0.2) is 0 Å². The van der Waals surface area contributed by atoms with Gasteiger partial charge < -0.3 is 14.5 Å². The quantitative estimate of drug-likeness (QED) is 0.511. The van der Waals surface area contributed by atoms with E-state index < -0.39 is 0 Å². The molecule has 0 unspecified atom stereocenters. The van der Waals surface area contributed by atoms with Crippen LogP contribution in [0.1, 0.15) is 44.4 Å². The number of hydrogen-bond donors (Lipinski definition) is 1. The number of carbonyl (C=O) groups is 1. The molecule has 2 aromatic heterocycles. The number of hydrogen-bond acceptors (Lipinski definition) is 6. The summed E-state index contributed by atoms with van der Waals surface area (Å²) in [6.45, 7) is 2.68. The average molecular weight is 441 g/mol. The van der Waals surface area contributed by atoms with Crippen molar-refractivity contribution < 1.29 is 13.9 Å². The first kappa shape index (κ1) is 21.5. The molecule has 0 bridgehead atoms. The fraction of sp³-hybridized carbons (Fsp3) is 0.435. The predicted molar refractivity (Wildman–Crippen MR) is 120 cm³/mol. The molecule has 1 aromatic carbocycles. The Morgan fingerprint density at radius 3 is 2.74 bits per heavy atom. The number of rotatable bonds is 8.